The largest absolute Gasteiger partial charge is 0.329 e. The maximum Gasteiger partial charge on any atom is 0.122 e. The van der Waals surface area contributed by atoms with E-state index in [1.54, 1.807) is 11.3 Å². The first-order valence-corrected chi connectivity index (χ1v) is 6.87. The van der Waals surface area contributed by atoms with Crippen molar-refractivity contribution in [2.45, 2.75) is 26.9 Å². The first kappa shape index (κ1) is 12.3. The van der Waals surface area contributed by atoms with Crippen LogP contribution in [0.15, 0.2) is 29.9 Å². The van der Waals surface area contributed by atoms with Crippen LogP contribution in [0.2, 0.25) is 0 Å². The Hall–Kier alpha value is -1.13. The Morgan fingerprint density at radius 2 is 2.35 bits per heavy atom. The van der Waals surface area contributed by atoms with Gasteiger partial charge in [0.1, 0.15) is 5.82 Å². The molecule has 92 valence electrons. The predicted molar refractivity (Wildman–Crippen MR) is 72.2 cm³/mol. The van der Waals surface area contributed by atoms with Crippen LogP contribution in [0, 0.1) is 5.92 Å². The molecule has 0 bridgehead atoms. The van der Waals surface area contributed by atoms with Gasteiger partial charge in [-0.3, -0.25) is 0 Å². The van der Waals surface area contributed by atoms with E-state index in [1.165, 1.54) is 4.88 Å². The van der Waals surface area contributed by atoms with Crippen molar-refractivity contribution in [3.8, 4) is 0 Å². The van der Waals surface area contributed by atoms with Crippen LogP contribution in [-0.4, -0.2) is 16.1 Å². The molecule has 0 amide bonds. The number of nitrogens with one attached hydrogen (secondary N) is 1. The average Bonchev–Trinajstić information content (AvgIpc) is 2.91. The summed E-state index contributed by atoms with van der Waals surface area (Å²) in [6.45, 7) is 7.23. The normalized spacial score (nSPS) is 11.2. The van der Waals surface area contributed by atoms with E-state index >= 15 is 0 Å². The van der Waals surface area contributed by atoms with Crippen LogP contribution in [0.3, 0.4) is 0 Å². The minimum absolute atomic E-state index is 0.677. The third-order valence-electron chi connectivity index (χ3n) is 2.54. The molecular weight excluding hydrogens is 230 g/mol. The highest BCUT2D eigenvalue weighted by molar-refractivity contribution is 7.09. The molecule has 0 unspecified atom stereocenters. The molecule has 0 atom stereocenters. The molecule has 0 aliphatic heterocycles. The van der Waals surface area contributed by atoms with Gasteiger partial charge >= 0.3 is 0 Å². The number of nitrogens with zero attached hydrogens (tertiary/aromatic N) is 2. The molecule has 0 aliphatic carbocycles. The Morgan fingerprint density at radius 3 is 3.06 bits per heavy atom. The van der Waals surface area contributed by atoms with E-state index < -0.39 is 0 Å². The van der Waals surface area contributed by atoms with Crippen molar-refractivity contribution in [3.63, 3.8) is 0 Å². The number of thiophene rings is 1. The Kier molecular flexibility index (Phi) is 4.34. The lowest BCUT2D eigenvalue weighted by Gasteiger charge is -2.09. The molecule has 0 saturated heterocycles. The zero-order valence-electron chi connectivity index (χ0n) is 10.4. The molecule has 2 rings (SSSR count). The van der Waals surface area contributed by atoms with E-state index in [0.29, 0.717) is 5.92 Å². The van der Waals surface area contributed by atoms with E-state index in [9.17, 15) is 0 Å². The second kappa shape index (κ2) is 5.98. The van der Waals surface area contributed by atoms with E-state index in [0.717, 1.165) is 25.5 Å². The van der Waals surface area contributed by atoms with E-state index in [-0.39, 0.29) is 0 Å². The standard InChI is InChI=1S/C13H19N3S/c1-11(2)8-14-9-13-15-5-6-16(13)10-12-4-3-7-17-12/h3-7,11,14H,8-10H2,1-2H3. The van der Waals surface area contributed by atoms with E-state index in [2.05, 4.69) is 46.2 Å². The molecule has 0 spiro atoms. The van der Waals surface area contributed by atoms with Gasteiger partial charge in [-0.1, -0.05) is 19.9 Å². The first-order chi connectivity index (χ1) is 8.25. The molecular formula is C13H19N3S. The topological polar surface area (TPSA) is 29.9 Å². The maximum absolute atomic E-state index is 4.40. The van der Waals surface area contributed by atoms with Crippen molar-refractivity contribution >= 4 is 11.3 Å². The number of hydrogen-bond donors (Lipinski definition) is 1. The Labute approximate surface area is 107 Å². The van der Waals surface area contributed by atoms with Crippen molar-refractivity contribution in [1.29, 1.82) is 0 Å². The van der Waals surface area contributed by atoms with Gasteiger partial charge in [-0.05, 0) is 23.9 Å². The van der Waals surface area contributed by atoms with Gasteiger partial charge in [-0.15, -0.1) is 11.3 Å². The lowest BCUT2D eigenvalue weighted by atomic mass is 10.2. The SMILES string of the molecule is CC(C)CNCc1nccn1Cc1cccs1. The summed E-state index contributed by atoms with van der Waals surface area (Å²) in [6, 6.07) is 4.25. The molecule has 0 radical (unpaired) electrons. The third kappa shape index (κ3) is 3.68. The fraction of sp³-hybridized carbons (Fsp3) is 0.462. The second-order valence-electron chi connectivity index (χ2n) is 4.58. The quantitative estimate of drug-likeness (QED) is 0.853. The highest BCUT2D eigenvalue weighted by Gasteiger charge is 2.04. The highest BCUT2D eigenvalue weighted by Crippen LogP contribution is 2.11. The molecule has 0 aromatic carbocycles. The van der Waals surface area contributed by atoms with Gasteiger partial charge in [0.2, 0.25) is 0 Å². The van der Waals surface area contributed by atoms with Crippen LogP contribution in [0.5, 0.6) is 0 Å². The minimum Gasteiger partial charge on any atom is -0.329 e. The number of imidazole rings is 1. The summed E-state index contributed by atoms with van der Waals surface area (Å²) in [5.74, 6) is 1.79. The van der Waals surface area contributed by atoms with Gasteiger partial charge in [-0.2, -0.15) is 0 Å². The van der Waals surface area contributed by atoms with Crippen molar-refractivity contribution in [2.24, 2.45) is 5.92 Å². The zero-order chi connectivity index (χ0) is 12.1. The highest BCUT2D eigenvalue weighted by atomic mass is 32.1. The van der Waals surface area contributed by atoms with E-state index in [4.69, 9.17) is 0 Å². The van der Waals surface area contributed by atoms with Crippen molar-refractivity contribution < 1.29 is 0 Å². The summed E-state index contributed by atoms with van der Waals surface area (Å²) in [4.78, 5) is 5.77. The van der Waals surface area contributed by atoms with Crippen LogP contribution < -0.4 is 5.32 Å². The van der Waals surface area contributed by atoms with Gasteiger partial charge in [0.15, 0.2) is 0 Å². The van der Waals surface area contributed by atoms with Crippen LogP contribution in [0.25, 0.3) is 0 Å². The minimum atomic E-state index is 0.677. The number of rotatable bonds is 6. The van der Waals surface area contributed by atoms with Gasteiger partial charge in [0.05, 0.1) is 13.1 Å². The lowest BCUT2D eigenvalue weighted by molar-refractivity contribution is 0.533. The molecule has 17 heavy (non-hydrogen) atoms. The number of hydrogen-bond acceptors (Lipinski definition) is 3. The number of aromatic nitrogens is 2. The molecule has 2 aromatic heterocycles. The molecule has 0 aliphatic rings. The summed E-state index contributed by atoms with van der Waals surface area (Å²) in [7, 11) is 0. The summed E-state index contributed by atoms with van der Waals surface area (Å²) in [5.41, 5.74) is 0. The average molecular weight is 249 g/mol. The monoisotopic (exact) mass is 249 g/mol. The molecule has 2 aromatic rings. The Morgan fingerprint density at radius 1 is 1.47 bits per heavy atom. The fourth-order valence-electron chi connectivity index (χ4n) is 1.69. The van der Waals surface area contributed by atoms with Crippen LogP contribution in [0.4, 0.5) is 0 Å². The molecule has 0 saturated carbocycles. The van der Waals surface area contributed by atoms with E-state index in [1.807, 2.05) is 12.4 Å². The van der Waals surface area contributed by atoms with Crippen molar-refractivity contribution in [2.75, 3.05) is 6.54 Å². The lowest BCUT2D eigenvalue weighted by Crippen LogP contribution is -2.21. The smallest absolute Gasteiger partial charge is 0.122 e. The summed E-state index contributed by atoms with van der Waals surface area (Å²) < 4.78 is 2.21. The molecule has 1 N–H and O–H groups in total. The maximum atomic E-state index is 4.40. The zero-order valence-corrected chi connectivity index (χ0v) is 11.2. The molecule has 2 heterocycles. The molecule has 4 heteroatoms. The third-order valence-corrected chi connectivity index (χ3v) is 3.40. The van der Waals surface area contributed by atoms with Crippen LogP contribution in [0.1, 0.15) is 24.5 Å². The van der Waals surface area contributed by atoms with Gasteiger partial charge in [0.25, 0.3) is 0 Å². The summed E-state index contributed by atoms with van der Waals surface area (Å²) in [5, 5.41) is 5.54. The summed E-state index contributed by atoms with van der Waals surface area (Å²) in [6.07, 6.45) is 3.92. The Bertz CT molecular complexity index is 431. The predicted octanol–water partition coefficient (Wildman–Crippen LogP) is 2.74. The molecule has 3 nitrogen and oxygen atoms in total. The second-order valence-corrected chi connectivity index (χ2v) is 5.61. The Balaban J connectivity index is 1.92. The van der Waals surface area contributed by atoms with Crippen molar-refractivity contribution in [3.05, 3.63) is 40.6 Å². The van der Waals surface area contributed by atoms with Gasteiger partial charge < -0.3 is 9.88 Å². The summed E-state index contributed by atoms with van der Waals surface area (Å²) >= 11 is 1.79. The fourth-order valence-corrected chi connectivity index (χ4v) is 2.40. The first-order valence-electron chi connectivity index (χ1n) is 5.99. The van der Waals surface area contributed by atoms with Gasteiger partial charge in [-0.25, -0.2) is 4.98 Å². The van der Waals surface area contributed by atoms with Gasteiger partial charge in [0, 0.05) is 17.3 Å². The van der Waals surface area contributed by atoms with Crippen molar-refractivity contribution in [1.82, 2.24) is 14.9 Å². The van der Waals surface area contributed by atoms with Crippen LogP contribution >= 0.6 is 11.3 Å². The van der Waals surface area contributed by atoms with Crippen LogP contribution in [-0.2, 0) is 13.1 Å². The molecule has 0 fully saturated rings.